The number of benzene rings is 2. The molecule has 3 atom stereocenters. The minimum atomic E-state index is -0.695. The first-order valence-corrected chi connectivity index (χ1v) is 8.18. The number of hydrogen-bond donors (Lipinski definition) is 1. The molecule has 110 valence electrons. The molecule has 2 aromatic rings. The lowest BCUT2D eigenvalue weighted by Gasteiger charge is -2.48. The molecule has 0 spiro atoms. The van der Waals surface area contributed by atoms with Crippen LogP contribution in [0.25, 0.3) is 0 Å². The van der Waals surface area contributed by atoms with Gasteiger partial charge in [0.15, 0.2) is 0 Å². The number of carbonyl (C=O) groups is 2. The summed E-state index contributed by atoms with van der Waals surface area (Å²) in [6.45, 7) is 0. The Morgan fingerprint density at radius 1 is 0.909 bits per heavy atom. The van der Waals surface area contributed by atoms with Gasteiger partial charge in [-0.1, -0.05) is 48.5 Å². The van der Waals surface area contributed by atoms with E-state index in [-0.39, 0.29) is 23.7 Å². The van der Waals surface area contributed by atoms with E-state index in [1.807, 2.05) is 60.7 Å². The largest absolute Gasteiger partial charge is 0.295 e. The minimum absolute atomic E-state index is 0.0790. The highest BCUT2D eigenvalue weighted by Crippen LogP contribution is 2.62. The Hall–Kier alpha value is -2.07. The van der Waals surface area contributed by atoms with Crippen LogP contribution in [0.15, 0.2) is 65.6 Å². The molecule has 1 saturated heterocycles. The maximum Gasteiger partial charge on any atom is 0.244 e. The van der Waals surface area contributed by atoms with Gasteiger partial charge in [-0.15, -0.1) is 11.8 Å². The average Bonchev–Trinajstić information content (AvgIpc) is 2.69. The first-order valence-electron chi connectivity index (χ1n) is 7.36. The molecule has 1 N–H and O–H groups in total. The molecule has 1 aliphatic carbocycles. The van der Waals surface area contributed by atoms with Gasteiger partial charge in [-0.25, -0.2) is 0 Å². The molecule has 1 aliphatic heterocycles. The number of carbonyl (C=O) groups excluding carboxylic acids is 2. The zero-order chi connectivity index (χ0) is 15.2. The summed E-state index contributed by atoms with van der Waals surface area (Å²) in [5.41, 5.74) is 1.13. The van der Waals surface area contributed by atoms with Crippen LogP contribution in [0.5, 0.6) is 0 Å². The van der Waals surface area contributed by atoms with Gasteiger partial charge in [0.2, 0.25) is 11.8 Å². The Morgan fingerprint density at radius 3 is 2.18 bits per heavy atom. The van der Waals surface area contributed by atoms with Gasteiger partial charge in [0, 0.05) is 10.8 Å². The number of thioether (sulfide) groups is 1. The smallest absolute Gasteiger partial charge is 0.244 e. The molecule has 0 radical (unpaired) electrons. The fourth-order valence-corrected chi connectivity index (χ4v) is 5.07. The SMILES string of the molecule is O=C1NC(=O)C2(Sc3ccccc3)C1CC2c1ccccc1. The number of amides is 2. The van der Waals surface area contributed by atoms with E-state index in [9.17, 15) is 9.59 Å². The van der Waals surface area contributed by atoms with Crippen molar-refractivity contribution in [1.82, 2.24) is 5.32 Å². The number of imide groups is 1. The molecule has 2 amide bonds. The number of fused-ring (bicyclic) bond motifs is 1. The molecule has 3 unspecified atom stereocenters. The molecule has 3 nitrogen and oxygen atoms in total. The molecular weight excluding hydrogens is 294 g/mol. The molecule has 1 heterocycles. The van der Waals surface area contributed by atoms with Crippen molar-refractivity contribution in [3.8, 4) is 0 Å². The van der Waals surface area contributed by atoms with Crippen molar-refractivity contribution < 1.29 is 9.59 Å². The summed E-state index contributed by atoms with van der Waals surface area (Å²) in [7, 11) is 0. The van der Waals surface area contributed by atoms with Gasteiger partial charge in [0.25, 0.3) is 0 Å². The highest BCUT2D eigenvalue weighted by atomic mass is 32.2. The summed E-state index contributed by atoms with van der Waals surface area (Å²) in [5, 5.41) is 2.54. The maximum absolute atomic E-state index is 12.6. The van der Waals surface area contributed by atoms with Gasteiger partial charge in [-0.2, -0.15) is 0 Å². The Bertz CT molecular complexity index is 731. The van der Waals surface area contributed by atoms with Crippen LogP contribution in [0.3, 0.4) is 0 Å². The molecule has 0 bridgehead atoms. The van der Waals surface area contributed by atoms with E-state index in [1.54, 1.807) is 0 Å². The minimum Gasteiger partial charge on any atom is -0.295 e. The first kappa shape index (κ1) is 13.6. The lowest BCUT2D eigenvalue weighted by Crippen LogP contribution is -2.54. The lowest BCUT2D eigenvalue weighted by molar-refractivity contribution is -0.125. The summed E-state index contributed by atoms with van der Waals surface area (Å²) in [6, 6.07) is 19.9. The third kappa shape index (κ3) is 1.83. The Balaban J connectivity index is 1.76. The summed E-state index contributed by atoms with van der Waals surface area (Å²) in [5.74, 6) is -0.414. The summed E-state index contributed by atoms with van der Waals surface area (Å²) < 4.78 is -0.695. The van der Waals surface area contributed by atoms with Crippen LogP contribution in [0.1, 0.15) is 17.9 Å². The number of nitrogens with one attached hydrogen (secondary N) is 1. The summed E-state index contributed by atoms with van der Waals surface area (Å²) in [4.78, 5) is 25.7. The lowest BCUT2D eigenvalue weighted by atomic mass is 9.62. The molecule has 4 heteroatoms. The standard InChI is InChI=1S/C18H15NO2S/c20-16-15-11-14(12-7-3-1-4-8-12)18(15,17(21)19-16)22-13-9-5-2-6-10-13/h1-10,14-15H,11H2,(H,19,20,21). The van der Waals surface area contributed by atoms with Gasteiger partial charge in [0.1, 0.15) is 4.75 Å². The predicted molar refractivity (Wildman–Crippen MR) is 85.5 cm³/mol. The van der Waals surface area contributed by atoms with Crippen LogP contribution in [0, 0.1) is 5.92 Å². The topological polar surface area (TPSA) is 46.2 Å². The average molecular weight is 309 g/mol. The van der Waals surface area contributed by atoms with E-state index in [2.05, 4.69) is 5.32 Å². The summed E-state index contributed by atoms with van der Waals surface area (Å²) >= 11 is 1.53. The highest BCUT2D eigenvalue weighted by Gasteiger charge is 2.68. The second-order valence-electron chi connectivity index (χ2n) is 5.78. The second kappa shape index (κ2) is 4.99. The highest BCUT2D eigenvalue weighted by molar-refractivity contribution is 8.01. The molecule has 4 rings (SSSR count). The fourth-order valence-electron chi connectivity index (χ4n) is 3.52. The van der Waals surface area contributed by atoms with E-state index in [0.717, 1.165) is 16.9 Å². The van der Waals surface area contributed by atoms with E-state index in [1.165, 1.54) is 11.8 Å². The van der Waals surface area contributed by atoms with Crippen LogP contribution in [0.4, 0.5) is 0 Å². The predicted octanol–water partition coefficient (Wildman–Crippen LogP) is 2.98. The Morgan fingerprint density at radius 2 is 1.55 bits per heavy atom. The third-order valence-electron chi connectivity index (χ3n) is 4.65. The number of rotatable bonds is 3. The van der Waals surface area contributed by atoms with Crippen LogP contribution >= 0.6 is 11.8 Å². The quantitative estimate of drug-likeness (QED) is 0.887. The van der Waals surface area contributed by atoms with Crippen molar-refractivity contribution >= 4 is 23.6 Å². The fraction of sp³-hybridized carbons (Fsp3) is 0.222. The third-order valence-corrected chi connectivity index (χ3v) is 6.25. The van der Waals surface area contributed by atoms with Crippen LogP contribution in [-0.2, 0) is 9.59 Å². The zero-order valence-corrected chi connectivity index (χ0v) is 12.7. The van der Waals surface area contributed by atoms with Crippen molar-refractivity contribution in [1.29, 1.82) is 0 Å². The number of hydrogen-bond acceptors (Lipinski definition) is 3. The second-order valence-corrected chi connectivity index (χ2v) is 7.13. The van der Waals surface area contributed by atoms with Gasteiger partial charge in [0.05, 0.1) is 5.92 Å². The molecule has 2 aromatic carbocycles. The van der Waals surface area contributed by atoms with Crippen LogP contribution < -0.4 is 5.32 Å². The molecule has 2 fully saturated rings. The summed E-state index contributed by atoms with van der Waals surface area (Å²) in [6.07, 6.45) is 0.738. The molecule has 1 saturated carbocycles. The normalized spacial score (nSPS) is 29.6. The molecule has 22 heavy (non-hydrogen) atoms. The van der Waals surface area contributed by atoms with E-state index >= 15 is 0 Å². The van der Waals surface area contributed by atoms with Crippen molar-refractivity contribution in [3.63, 3.8) is 0 Å². The van der Waals surface area contributed by atoms with Gasteiger partial charge in [-0.05, 0) is 24.1 Å². The van der Waals surface area contributed by atoms with Crippen molar-refractivity contribution in [2.45, 2.75) is 22.0 Å². The van der Waals surface area contributed by atoms with Crippen molar-refractivity contribution in [2.75, 3.05) is 0 Å². The molecular formula is C18H15NO2S. The monoisotopic (exact) mass is 309 g/mol. The zero-order valence-electron chi connectivity index (χ0n) is 11.9. The van der Waals surface area contributed by atoms with Crippen LogP contribution in [0.2, 0.25) is 0 Å². The van der Waals surface area contributed by atoms with Crippen molar-refractivity contribution in [3.05, 3.63) is 66.2 Å². The van der Waals surface area contributed by atoms with Crippen LogP contribution in [-0.4, -0.2) is 16.6 Å². The maximum atomic E-state index is 12.6. The van der Waals surface area contributed by atoms with E-state index < -0.39 is 4.75 Å². The first-order chi connectivity index (χ1) is 10.7. The van der Waals surface area contributed by atoms with E-state index in [0.29, 0.717) is 0 Å². The molecule has 2 aliphatic rings. The van der Waals surface area contributed by atoms with E-state index in [4.69, 9.17) is 0 Å². The van der Waals surface area contributed by atoms with Gasteiger partial charge < -0.3 is 0 Å². The van der Waals surface area contributed by atoms with Gasteiger partial charge in [-0.3, -0.25) is 14.9 Å². The Labute approximate surface area is 133 Å². The van der Waals surface area contributed by atoms with Crippen molar-refractivity contribution in [2.24, 2.45) is 5.92 Å². The Kier molecular flexibility index (Phi) is 3.08. The molecule has 0 aromatic heterocycles. The van der Waals surface area contributed by atoms with Gasteiger partial charge >= 0.3 is 0 Å².